The molecule has 1 aliphatic carbocycles. The average molecular weight is 330 g/mol. The van der Waals surface area contributed by atoms with Crippen molar-refractivity contribution in [2.45, 2.75) is 50.8 Å². The van der Waals surface area contributed by atoms with Gasteiger partial charge in [0.2, 0.25) is 0 Å². The van der Waals surface area contributed by atoms with Crippen LogP contribution in [0.2, 0.25) is 5.02 Å². The van der Waals surface area contributed by atoms with Crippen LogP contribution in [0.25, 0.3) is 0 Å². The molecule has 0 aliphatic heterocycles. The van der Waals surface area contributed by atoms with Crippen LogP contribution in [0.4, 0.5) is 5.69 Å². The van der Waals surface area contributed by atoms with Gasteiger partial charge in [-0.2, -0.15) is 0 Å². The van der Waals surface area contributed by atoms with Crippen molar-refractivity contribution >= 4 is 28.9 Å². The summed E-state index contributed by atoms with van der Waals surface area (Å²) in [6, 6.07) is 4.87. The van der Waals surface area contributed by atoms with Gasteiger partial charge in [-0.05, 0) is 43.6 Å². The molecule has 5 heteroatoms. The number of alkyl halides is 1. The number of nitro groups is 1. The standard InChI is InChI=1S/C16H21Cl2NO2/c1-2-4-11-7-8-14(17)12(9-11)10-13-15(18)5-3-6-16(13)19(20)21/h3,5-6,11-12,14H,2,4,7-10H2,1H3. The van der Waals surface area contributed by atoms with E-state index in [4.69, 9.17) is 23.2 Å². The van der Waals surface area contributed by atoms with Gasteiger partial charge in [-0.1, -0.05) is 37.4 Å². The molecule has 3 atom stereocenters. The Morgan fingerprint density at radius 1 is 1.38 bits per heavy atom. The second-order valence-electron chi connectivity index (χ2n) is 5.94. The van der Waals surface area contributed by atoms with Gasteiger partial charge in [-0.3, -0.25) is 10.1 Å². The van der Waals surface area contributed by atoms with Crippen molar-refractivity contribution in [3.8, 4) is 0 Å². The maximum Gasteiger partial charge on any atom is 0.274 e. The highest BCUT2D eigenvalue weighted by Gasteiger charge is 2.31. The second-order valence-corrected chi connectivity index (χ2v) is 6.91. The van der Waals surface area contributed by atoms with Crippen LogP contribution in [-0.2, 0) is 6.42 Å². The largest absolute Gasteiger partial charge is 0.274 e. The molecule has 0 bridgehead atoms. The van der Waals surface area contributed by atoms with Crippen molar-refractivity contribution in [3.63, 3.8) is 0 Å². The van der Waals surface area contributed by atoms with Crippen molar-refractivity contribution in [2.75, 3.05) is 0 Å². The fourth-order valence-electron chi connectivity index (χ4n) is 3.39. The lowest BCUT2D eigenvalue weighted by molar-refractivity contribution is -0.385. The molecule has 2 rings (SSSR count). The van der Waals surface area contributed by atoms with Crippen LogP contribution in [0.3, 0.4) is 0 Å². The molecule has 1 aromatic rings. The third-order valence-electron chi connectivity index (χ3n) is 4.45. The second kappa shape index (κ2) is 7.46. The highest BCUT2D eigenvalue weighted by Crippen LogP contribution is 2.39. The van der Waals surface area contributed by atoms with Gasteiger partial charge in [-0.15, -0.1) is 11.6 Å². The molecule has 0 radical (unpaired) electrons. The molecule has 1 aliphatic rings. The van der Waals surface area contributed by atoms with E-state index < -0.39 is 0 Å². The maximum absolute atomic E-state index is 11.2. The number of nitrogens with zero attached hydrogens (tertiary/aromatic N) is 1. The zero-order valence-corrected chi connectivity index (χ0v) is 13.7. The number of benzene rings is 1. The summed E-state index contributed by atoms with van der Waals surface area (Å²) in [7, 11) is 0. The van der Waals surface area contributed by atoms with Crippen LogP contribution < -0.4 is 0 Å². The van der Waals surface area contributed by atoms with Crippen LogP contribution in [0.1, 0.15) is 44.6 Å². The van der Waals surface area contributed by atoms with E-state index in [1.807, 2.05) is 0 Å². The summed E-state index contributed by atoms with van der Waals surface area (Å²) in [5.74, 6) is 0.965. The minimum atomic E-state index is -0.350. The molecule has 0 heterocycles. The zero-order chi connectivity index (χ0) is 15.4. The Kier molecular flexibility index (Phi) is 5.88. The predicted molar refractivity (Wildman–Crippen MR) is 87.2 cm³/mol. The fraction of sp³-hybridized carbons (Fsp3) is 0.625. The minimum Gasteiger partial charge on any atom is -0.258 e. The first-order valence-corrected chi connectivity index (χ1v) is 8.40. The van der Waals surface area contributed by atoms with Gasteiger partial charge in [-0.25, -0.2) is 0 Å². The van der Waals surface area contributed by atoms with Gasteiger partial charge in [0, 0.05) is 17.0 Å². The molecule has 1 fully saturated rings. The van der Waals surface area contributed by atoms with Crippen molar-refractivity contribution in [3.05, 3.63) is 38.9 Å². The predicted octanol–water partition coefficient (Wildman–Crippen LogP) is 5.61. The molecular formula is C16H21Cl2NO2. The van der Waals surface area contributed by atoms with Gasteiger partial charge < -0.3 is 0 Å². The summed E-state index contributed by atoms with van der Waals surface area (Å²) in [4.78, 5) is 10.8. The molecule has 0 spiro atoms. The third kappa shape index (κ3) is 4.10. The van der Waals surface area contributed by atoms with Crippen LogP contribution in [-0.4, -0.2) is 10.3 Å². The van der Waals surface area contributed by atoms with E-state index in [2.05, 4.69) is 6.92 Å². The summed E-state index contributed by atoms with van der Waals surface area (Å²) in [5, 5.41) is 11.7. The Labute approximate surface area is 135 Å². The van der Waals surface area contributed by atoms with Gasteiger partial charge in [0.05, 0.1) is 9.95 Å². The number of rotatable bonds is 5. The Balaban J connectivity index is 2.18. The molecule has 0 aromatic heterocycles. The van der Waals surface area contributed by atoms with Crippen molar-refractivity contribution in [1.82, 2.24) is 0 Å². The maximum atomic E-state index is 11.2. The first-order valence-electron chi connectivity index (χ1n) is 7.58. The van der Waals surface area contributed by atoms with E-state index >= 15 is 0 Å². The van der Waals surface area contributed by atoms with Gasteiger partial charge in [0.15, 0.2) is 0 Å². The molecule has 116 valence electrons. The molecule has 1 aromatic carbocycles. The fourth-order valence-corrected chi connectivity index (χ4v) is 3.95. The van der Waals surface area contributed by atoms with Gasteiger partial charge in [0.25, 0.3) is 5.69 Å². The molecule has 3 unspecified atom stereocenters. The Bertz CT molecular complexity index is 507. The van der Waals surface area contributed by atoms with Crippen molar-refractivity contribution in [1.29, 1.82) is 0 Å². The lowest BCUT2D eigenvalue weighted by atomic mass is 9.76. The Morgan fingerprint density at radius 3 is 2.81 bits per heavy atom. The first-order chi connectivity index (χ1) is 10.0. The van der Waals surface area contributed by atoms with E-state index in [0.717, 1.165) is 12.8 Å². The molecule has 0 N–H and O–H groups in total. The molecule has 0 saturated heterocycles. The normalized spacial score (nSPS) is 25.8. The molecule has 1 saturated carbocycles. The highest BCUT2D eigenvalue weighted by molar-refractivity contribution is 6.31. The quantitative estimate of drug-likeness (QED) is 0.400. The summed E-state index contributed by atoms with van der Waals surface area (Å²) in [6.07, 6.45) is 6.20. The smallest absolute Gasteiger partial charge is 0.258 e. The van der Waals surface area contributed by atoms with Crippen LogP contribution in [0.15, 0.2) is 18.2 Å². The van der Waals surface area contributed by atoms with Gasteiger partial charge >= 0.3 is 0 Å². The van der Waals surface area contributed by atoms with Crippen LogP contribution >= 0.6 is 23.2 Å². The van der Waals surface area contributed by atoms with E-state index in [1.54, 1.807) is 12.1 Å². The summed E-state index contributed by atoms with van der Waals surface area (Å²) >= 11 is 12.7. The average Bonchev–Trinajstić information content (AvgIpc) is 2.44. The number of hydrogen-bond donors (Lipinski definition) is 0. The SMILES string of the molecule is CCCC1CCC(Cl)C(Cc2c(Cl)cccc2[N+](=O)[O-])C1. The van der Waals surface area contributed by atoms with E-state index in [1.165, 1.54) is 25.3 Å². The topological polar surface area (TPSA) is 43.1 Å². The summed E-state index contributed by atoms with van der Waals surface area (Å²) < 4.78 is 0. The highest BCUT2D eigenvalue weighted by atomic mass is 35.5. The third-order valence-corrected chi connectivity index (χ3v) is 5.38. The molecule has 21 heavy (non-hydrogen) atoms. The number of halogens is 2. The minimum absolute atomic E-state index is 0.0917. The summed E-state index contributed by atoms with van der Waals surface area (Å²) in [5.41, 5.74) is 0.751. The van der Waals surface area contributed by atoms with Crippen LogP contribution in [0, 0.1) is 22.0 Å². The molecular weight excluding hydrogens is 309 g/mol. The van der Waals surface area contributed by atoms with Crippen LogP contribution in [0.5, 0.6) is 0 Å². The van der Waals surface area contributed by atoms with Gasteiger partial charge in [0.1, 0.15) is 0 Å². The lowest BCUT2D eigenvalue weighted by Gasteiger charge is -2.33. The monoisotopic (exact) mass is 329 g/mol. The van der Waals surface area contributed by atoms with E-state index in [0.29, 0.717) is 22.9 Å². The van der Waals surface area contributed by atoms with Crippen molar-refractivity contribution < 1.29 is 4.92 Å². The van der Waals surface area contributed by atoms with E-state index in [-0.39, 0.29) is 21.9 Å². The summed E-state index contributed by atoms with van der Waals surface area (Å²) in [6.45, 7) is 2.20. The zero-order valence-electron chi connectivity index (χ0n) is 12.2. The van der Waals surface area contributed by atoms with E-state index in [9.17, 15) is 10.1 Å². The lowest BCUT2D eigenvalue weighted by Crippen LogP contribution is -2.27. The molecule has 0 amide bonds. The molecule has 3 nitrogen and oxygen atoms in total. The Morgan fingerprint density at radius 2 is 2.14 bits per heavy atom. The number of nitro benzene ring substituents is 1. The Hall–Kier alpha value is -0.800. The van der Waals surface area contributed by atoms with Crippen molar-refractivity contribution in [2.24, 2.45) is 11.8 Å². The first kappa shape index (κ1) is 16.6. The number of hydrogen-bond acceptors (Lipinski definition) is 2.